The van der Waals surface area contributed by atoms with E-state index in [2.05, 4.69) is 6.92 Å². The Bertz CT molecular complexity index is 132. The van der Waals surface area contributed by atoms with Gasteiger partial charge in [0.15, 0.2) is 0 Å². The molecule has 1 nitrogen and oxygen atoms in total. The molecule has 14 heavy (non-hydrogen) atoms. The van der Waals surface area contributed by atoms with E-state index in [0.717, 1.165) is 11.7 Å². The lowest BCUT2D eigenvalue weighted by Crippen LogP contribution is -2.16. The second-order valence-corrected chi connectivity index (χ2v) is 5.94. The molecular weight excluding hydrogens is 190 g/mol. The number of hydrogen-bond donors (Lipinski definition) is 1. The van der Waals surface area contributed by atoms with E-state index >= 15 is 0 Å². The first-order chi connectivity index (χ1) is 6.83. The first-order valence-corrected chi connectivity index (χ1v) is 7.25. The van der Waals surface area contributed by atoms with Gasteiger partial charge in [-0.2, -0.15) is 0 Å². The van der Waals surface area contributed by atoms with E-state index in [9.17, 15) is 0 Å². The predicted molar refractivity (Wildman–Crippen MR) is 66.5 cm³/mol. The van der Waals surface area contributed by atoms with Gasteiger partial charge in [-0.25, -0.2) is 0 Å². The van der Waals surface area contributed by atoms with E-state index in [4.69, 9.17) is 5.73 Å². The normalized spacial score (nSPS) is 21.0. The average molecular weight is 215 g/mol. The second kappa shape index (κ2) is 7.58. The summed E-state index contributed by atoms with van der Waals surface area (Å²) in [6.45, 7) is 2.19. The zero-order valence-electron chi connectivity index (χ0n) is 9.50. The van der Waals surface area contributed by atoms with Gasteiger partial charge in [0.25, 0.3) is 0 Å². The molecule has 0 heterocycles. The topological polar surface area (TPSA) is 26.0 Å². The van der Waals surface area contributed by atoms with E-state index in [1.165, 1.54) is 51.4 Å². The van der Waals surface area contributed by atoms with Gasteiger partial charge in [0.05, 0.1) is 5.37 Å². The van der Waals surface area contributed by atoms with Crippen molar-refractivity contribution in [1.29, 1.82) is 0 Å². The van der Waals surface area contributed by atoms with Gasteiger partial charge in [-0.15, -0.1) is 11.8 Å². The summed E-state index contributed by atoms with van der Waals surface area (Å²) in [4.78, 5) is 0. The Hall–Kier alpha value is 0.310. The maximum absolute atomic E-state index is 5.96. The van der Waals surface area contributed by atoms with Crippen LogP contribution in [0.25, 0.3) is 0 Å². The van der Waals surface area contributed by atoms with Gasteiger partial charge in [-0.1, -0.05) is 51.9 Å². The summed E-state index contributed by atoms with van der Waals surface area (Å²) < 4.78 is 0. The molecule has 0 radical (unpaired) electrons. The molecule has 1 saturated carbocycles. The molecule has 2 N–H and O–H groups in total. The standard InChI is InChI=1S/C12H25NS/c1-2-14-12(13)10-6-9-11-7-4-3-5-8-11/h11-12H,2-10,13H2,1H3. The molecule has 2 heteroatoms. The SMILES string of the molecule is CCSC(N)CCCC1CCCCC1. The van der Waals surface area contributed by atoms with E-state index in [1.807, 2.05) is 11.8 Å². The van der Waals surface area contributed by atoms with Crippen molar-refractivity contribution in [3.05, 3.63) is 0 Å². The fraction of sp³-hybridized carbons (Fsp3) is 1.00. The third-order valence-electron chi connectivity index (χ3n) is 3.21. The highest BCUT2D eigenvalue weighted by atomic mass is 32.2. The number of nitrogens with two attached hydrogens (primary N) is 1. The van der Waals surface area contributed by atoms with Gasteiger partial charge in [-0.05, 0) is 18.1 Å². The molecule has 1 rings (SSSR count). The van der Waals surface area contributed by atoms with Crippen LogP contribution >= 0.6 is 11.8 Å². The predicted octanol–water partition coefficient (Wildman–Crippen LogP) is 3.77. The second-order valence-electron chi connectivity index (χ2n) is 4.43. The Kier molecular flexibility index (Phi) is 6.70. The molecular formula is C12H25NS. The molecule has 1 atom stereocenters. The lowest BCUT2D eigenvalue weighted by molar-refractivity contribution is 0.329. The summed E-state index contributed by atoms with van der Waals surface area (Å²) in [7, 11) is 0. The molecule has 1 aliphatic rings. The lowest BCUT2D eigenvalue weighted by Gasteiger charge is -2.21. The van der Waals surface area contributed by atoms with E-state index < -0.39 is 0 Å². The summed E-state index contributed by atoms with van der Waals surface area (Å²) in [6, 6.07) is 0. The molecule has 0 amide bonds. The van der Waals surface area contributed by atoms with Crippen molar-refractivity contribution < 1.29 is 0 Å². The molecule has 0 aromatic carbocycles. The molecule has 0 saturated heterocycles. The van der Waals surface area contributed by atoms with Crippen LogP contribution in [0.4, 0.5) is 0 Å². The van der Waals surface area contributed by atoms with Crippen molar-refractivity contribution >= 4 is 11.8 Å². The summed E-state index contributed by atoms with van der Waals surface area (Å²) in [5.74, 6) is 2.19. The van der Waals surface area contributed by atoms with Crippen LogP contribution in [0.15, 0.2) is 0 Å². The zero-order valence-corrected chi connectivity index (χ0v) is 10.3. The number of thioether (sulfide) groups is 1. The number of hydrogen-bond acceptors (Lipinski definition) is 2. The lowest BCUT2D eigenvalue weighted by atomic mass is 9.86. The van der Waals surface area contributed by atoms with Gasteiger partial charge >= 0.3 is 0 Å². The van der Waals surface area contributed by atoms with Crippen LogP contribution in [0.3, 0.4) is 0 Å². The summed E-state index contributed by atoms with van der Waals surface area (Å²) >= 11 is 1.90. The van der Waals surface area contributed by atoms with Crippen molar-refractivity contribution in [1.82, 2.24) is 0 Å². The van der Waals surface area contributed by atoms with Gasteiger partial charge in [0.2, 0.25) is 0 Å². The molecule has 0 bridgehead atoms. The smallest absolute Gasteiger partial charge is 0.0507 e. The van der Waals surface area contributed by atoms with Crippen LogP contribution < -0.4 is 5.73 Å². The summed E-state index contributed by atoms with van der Waals surface area (Å²) in [5.41, 5.74) is 5.96. The zero-order chi connectivity index (χ0) is 10.2. The minimum absolute atomic E-state index is 0.392. The first kappa shape index (κ1) is 12.4. The van der Waals surface area contributed by atoms with Crippen molar-refractivity contribution in [3.63, 3.8) is 0 Å². The minimum atomic E-state index is 0.392. The fourth-order valence-corrected chi connectivity index (χ4v) is 3.14. The minimum Gasteiger partial charge on any atom is -0.319 e. The van der Waals surface area contributed by atoms with Crippen molar-refractivity contribution in [2.75, 3.05) is 5.75 Å². The summed E-state index contributed by atoms with van der Waals surface area (Å²) in [6.07, 6.45) is 11.4. The quantitative estimate of drug-likeness (QED) is 0.682. The van der Waals surface area contributed by atoms with Crippen molar-refractivity contribution in [2.45, 2.75) is 63.7 Å². The third-order valence-corrected chi connectivity index (χ3v) is 4.20. The fourth-order valence-electron chi connectivity index (χ4n) is 2.38. The molecule has 1 aliphatic carbocycles. The number of rotatable bonds is 6. The molecule has 0 aromatic rings. The third kappa shape index (κ3) is 5.26. The van der Waals surface area contributed by atoms with Crippen LogP contribution in [0, 0.1) is 5.92 Å². The van der Waals surface area contributed by atoms with Crippen molar-refractivity contribution in [3.8, 4) is 0 Å². The molecule has 0 aliphatic heterocycles. The highest BCUT2D eigenvalue weighted by molar-refractivity contribution is 7.99. The van der Waals surface area contributed by atoms with Crippen molar-refractivity contribution in [2.24, 2.45) is 11.7 Å². The molecule has 84 valence electrons. The average Bonchev–Trinajstić information content (AvgIpc) is 2.20. The van der Waals surface area contributed by atoms with Gasteiger partial charge in [-0.3, -0.25) is 0 Å². The van der Waals surface area contributed by atoms with Gasteiger partial charge in [0, 0.05) is 0 Å². The Morgan fingerprint density at radius 3 is 2.64 bits per heavy atom. The Morgan fingerprint density at radius 2 is 2.00 bits per heavy atom. The molecule has 0 aromatic heterocycles. The Morgan fingerprint density at radius 1 is 1.29 bits per heavy atom. The van der Waals surface area contributed by atoms with Gasteiger partial charge < -0.3 is 5.73 Å². The maximum Gasteiger partial charge on any atom is 0.0507 e. The monoisotopic (exact) mass is 215 g/mol. The van der Waals surface area contributed by atoms with Crippen LogP contribution in [0.5, 0.6) is 0 Å². The van der Waals surface area contributed by atoms with Crippen LogP contribution in [0.1, 0.15) is 58.3 Å². The van der Waals surface area contributed by atoms with E-state index in [1.54, 1.807) is 0 Å². The van der Waals surface area contributed by atoms with Crippen LogP contribution in [0.2, 0.25) is 0 Å². The molecule has 1 unspecified atom stereocenters. The molecule has 0 spiro atoms. The first-order valence-electron chi connectivity index (χ1n) is 6.20. The van der Waals surface area contributed by atoms with Gasteiger partial charge in [0.1, 0.15) is 0 Å². The Labute approximate surface area is 93.2 Å². The maximum atomic E-state index is 5.96. The van der Waals surface area contributed by atoms with Crippen LogP contribution in [-0.4, -0.2) is 11.1 Å². The van der Waals surface area contributed by atoms with E-state index in [0.29, 0.717) is 5.37 Å². The summed E-state index contributed by atoms with van der Waals surface area (Å²) in [5, 5.41) is 0.392. The highest BCUT2D eigenvalue weighted by Gasteiger charge is 2.13. The van der Waals surface area contributed by atoms with E-state index in [-0.39, 0.29) is 0 Å². The van der Waals surface area contributed by atoms with Crippen LogP contribution in [-0.2, 0) is 0 Å². The Balaban J connectivity index is 1.96. The highest BCUT2D eigenvalue weighted by Crippen LogP contribution is 2.28. The largest absolute Gasteiger partial charge is 0.319 e. The molecule has 1 fully saturated rings.